The van der Waals surface area contributed by atoms with E-state index in [0.29, 0.717) is 6.04 Å². The van der Waals surface area contributed by atoms with E-state index in [4.69, 9.17) is 5.11 Å². The smallest absolute Gasteiger partial charge is 0.317 e. The molecule has 0 aliphatic carbocycles. The van der Waals surface area contributed by atoms with E-state index in [1.54, 1.807) is 0 Å². The predicted octanol–water partition coefficient (Wildman–Crippen LogP) is 2.75. The third kappa shape index (κ3) is 7.37. The average Bonchev–Trinajstić information content (AvgIpc) is 2.16. The van der Waals surface area contributed by atoms with E-state index < -0.39 is 5.97 Å². The molecule has 0 aromatic heterocycles. The molecule has 0 spiro atoms. The first-order valence-electron chi connectivity index (χ1n) is 6.07. The van der Waals surface area contributed by atoms with Crippen molar-refractivity contribution in [1.29, 1.82) is 0 Å². The molecule has 0 radical (unpaired) electrons. The summed E-state index contributed by atoms with van der Waals surface area (Å²) in [5.41, 5.74) is 0. The van der Waals surface area contributed by atoms with E-state index in [1.165, 1.54) is 12.8 Å². The number of hydrogen-bond acceptors (Lipinski definition) is 2. The molecular formula is C12H25NO2. The molecule has 90 valence electrons. The summed E-state index contributed by atoms with van der Waals surface area (Å²) in [4.78, 5) is 12.8. The molecule has 0 aliphatic heterocycles. The first-order valence-corrected chi connectivity index (χ1v) is 6.07. The molecule has 0 aliphatic rings. The fraction of sp³-hybridized carbons (Fsp3) is 0.917. The number of carbonyl (C=O) groups is 1. The molecule has 0 amide bonds. The van der Waals surface area contributed by atoms with Gasteiger partial charge in [-0.15, -0.1) is 0 Å². The maximum absolute atomic E-state index is 10.7. The maximum Gasteiger partial charge on any atom is 0.317 e. The summed E-state index contributed by atoms with van der Waals surface area (Å²) in [6.07, 6.45) is 5.68. The van der Waals surface area contributed by atoms with Gasteiger partial charge in [-0.25, -0.2) is 0 Å². The van der Waals surface area contributed by atoms with Crippen LogP contribution >= 0.6 is 0 Å². The fourth-order valence-electron chi connectivity index (χ4n) is 1.79. The Labute approximate surface area is 93.5 Å². The molecule has 3 nitrogen and oxygen atoms in total. The zero-order valence-corrected chi connectivity index (χ0v) is 10.3. The number of carboxylic acid groups (broad SMARTS) is 1. The summed E-state index contributed by atoms with van der Waals surface area (Å²) in [5.74, 6) is -0.713. The van der Waals surface area contributed by atoms with Gasteiger partial charge in [0.1, 0.15) is 0 Å². The van der Waals surface area contributed by atoms with Gasteiger partial charge in [-0.2, -0.15) is 0 Å². The van der Waals surface area contributed by atoms with Crippen molar-refractivity contribution in [3.8, 4) is 0 Å². The molecule has 0 aromatic rings. The monoisotopic (exact) mass is 215 g/mol. The highest BCUT2D eigenvalue weighted by Gasteiger charge is 2.15. The molecule has 1 atom stereocenters. The van der Waals surface area contributed by atoms with E-state index in [1.807, 2.05) is 0 Å². The van der Waals surface area contributed by atoms with Crippen LogP contribution < -0.4 is 0 Å². The van der Waals surface area contributed by atoms with Crippen molar-refractivity contribution >= 4 is 5.97 Å². The molecule has 0 heterocycles. The molecule has 15 heavy (non-hydrogen) atoms. The van der Waals surface area contributed by atoms with Crippen molar-refractivity contribution in [3.05, 3.63) is 0 Å². The lowest BCUT2D eigenvalue weighted by atomic mass is 10.1. The van der Waals surface area contributed by atoms with Crippen LogP contribution in [0.4, 0.5) is 0 Å². The molecule has 1 N–H and O–H groups in total. The quantitative estimate of drug-likeness (QED) is 0.601. The van der Waals surface area contributed by atoms with E-state index in [0.717, 1.165) is 25.8 Å². The van der Waals surface area contributed by atoms with Gasteiger partial charge >= 0.3 is 5.97 Å². The molecule has 0 rings (SSSR count). The number of hydrogen-bond donors (Lipinski definition) is 1. The van der Waals surface area contributed by atoms with Crippen LogP contribution in [-0.4, -0.2) is 35.1 Å². The van der Waals surface area contributed by atoms with Crippen LogP contribution in [0, 0.1) is 0 Å². The van der Waals surface area contributed by atoms with E-state index in [2.05, 4.69) is 25.7 Å². The average molecular weight is 215 g/mol. The van der Waals surface area contributed by atoms with Crippen LogP contribution in [0.15, 0.2) is 0 Å². The van der Waals surface area contributed by atoms with E-state index in [-0.39, 0.29) is 6.54 Å². The first-order chi connectivity index (χ1) is 7.11. The van der Waals surface area contributed by atoms with Crippen molar-refractivity contribution < 1.29 is 9.90 Å². The minimum Gasteiger partial charge on any atom is -0.480 e. The largest absolute Gasteiger partial charge is 0.480 e. The number of carboxylic acids is 1. The topological polar surface area (TPSA) is 40.5 Å². The van der Waals surface area contributed by atoms with Gasteiger partial charge in [-0.1, -0.05) is 33.1 Å². The highest BCUT2D eigenvalue weighted by Crippen LogP contribution is 2.08. The normalized spacial score (nSPS) is 13.1. The van der Waals surface area contributed by atoms with Gasteiger partial charge in [-0.05, 0) is 26.3 Å². The van der Waals surface area contributed by atoms with Gasteiger partial charge in [-0.3, -0.25) is 9.69 Å². The van der Waals surface area contributed by atoms with Gasteiger partial charge in [0.05, 0.1) is 6.54 Å². The lowest BCUT2D eigenvalue weighted by molar-refractivity contribution is -0.138. The van der Waals surface area contributed by atoms with Crippen molar-refractivity contribution in [2.45, 2.75) is 58.9 Å². The highest BCUT2D eigenvalue weighted by molar-refractivity contribution is 5.69. The van der Waals surface area contributed by atoms with Crippen molar-refractivity contribution in [2.24, 2.45) is 0 Å². The van der Waals surface area contributed by atoms with Gasteiger partial charge in [0, 0.05) is 6.04 Å². The minimum atomic E-state index is -0.713. The predicted molar refractivity (Wildman–Crippen MR) is 63.1 cm³/mol. The van der Waals surface area contributed by atoms with Crippen molar-refractivity contribution in [1.82, 2.24) is 4.90 Å². The van der Waals surface area contributed by atoms with Gasteiger partial charge in [0.25, 0.3) is 0 Å². The standard InChI is InChI=1S/C12H25NO2/c1-4-6-7-9-13(10-12(14)15)11(3)8-5-2/h11H,4-10H2,1-3H3,(H,14,15). The number of unbranched alkanes of at least 4 members (excludes halogenated alkanes) is 2. The van der Waals surface area contributed by atoms with Gasteiger partial charge < -0.3 is 5.11 Å². The maximum atomic E-state index is 10.7. The number of nitrogens with zero attached hydrogens (tertiary/aromatic N) is 1. The summed E-state index contributed by atoms with van der Waals surface area (Å²) in [7, 11) is 0. The molecule has 0 fully saturated rings. The summed E-state index contributed by atoms with van der Waals surface area (Å²) < 4.78 is 0. The second kappa shape index (κ2) is 8.72. The molecule has 0 aromatic carbocycles. The SMILES string of the molecule is CCCCCN(CC(=O)O)C(C)CCC. The highest BCUT2D eigenvalue weighted by atomic mass is 16.4. The Bertz CT molecular complexity index is 171. The van der Waals surface area contributed by atoms with E-state index in [9.17, 15) is 4.79 Å². The lowest BCUT2D eigenvalue weighted by Gasteiger charge is -2.27. The molecule has 0 saturated heterocycles. The Morgan fingerprint density at radius 3 is 2.40 bits per heavy atom. The minimum absolute atomic E-state index is 0.185. The van der Waals surface area contributed by atoms with Crippen LogP contribution in [0.2, 0.25) is 0 Å². The van der Waals surface area contributed by atoms with Crippen LogP contribution in [0.3, 0.4) is 0 Å². The summed E-state index contributed by atoms with van der Waals surface area (Å²) in [5, 5.41) is 8.82. The molecular weight excluding hydrogens is 190 g/mol. The van der Waals surface area contributed by atoms with Crippen LogP contribution in [-0.2, 0) is 4.79 Å². The second-order valence-corrected chi connectivity index (χ2v) is 4.21. The van der Waals surface area contributed by atoms with Crippen LogP contribution in [0.1, 0.15) is 52.9 Å². The van der Waals surface area contributed by atoms with Gasteiger partial charge in [0.15, 0.2) is 0 Å². The molecule has 3 heteroatoms. The second-order valence-electron chi connectivity index (χ2n) is 4.21. The third-order valence-corrected chi connectivity index (χ3v) is 2.72. The Hall–Kier alpha value is -0.570. The zero-order chi connectivity index (χ0) is 11.7. The van der Waals surface area contributed by atoms with Gasteiger partial charge in [0.2, 0.25) is 0 Å². The Morgan fingerprint density at radius 2 is 1.93 bits per heavy atom. The Kier molecular flexibility index (Phi) is 8.38. The first kappa shape index (κ1) is 14.4. The van der Waals surface area contributed by atoms with Crippen LogP contribution in [0.25, 0.3) is 0 Å². The summed E-state index contributed by atoms with van der Waals surface area (Å²) >= 11 is 0. The molecule has 0 saturated carbocycles. The Balaban J connectivity index is 3.98. The fourth-order valence-corrected chi connectivity index (χ4v) is 1.79. The van der Waals surface area contributed by atoms with Crippen molar-refractivity contribution in [3.63, 3.8) is 0 Å². The number of aliphatic carboxylic acids is 1. The van der Waals surface area contributed by atoms with Crippen LogP contribution in [0.5, 0.6) is 0 Å². The van der Waals surface area contributed by atoms with Crippen molar-refractivity contribution in [2.75, 3.05) is 13.1 Å². The molecule has 0 bridgehead atoms. The third-order valence-electron chi connectivity index (χ3n) is 2.72. The Morgan fingerprint density at radius 1 is 1.27 bits per heavy atom. The van der Waals surface area contributed by atoms with E-state index >= 15 is 0 Å². The lowest BCUT2D eigenvalue weighted by Crippen LogP contribution is -2.38. The zero-order valence-electron chi connectivity index (χ0n) is 10.3. The summed E-state index contributed by atoms with van der Waals surface area (Å²) in [6, 6.07) is 0.392. The summed E-state index contributed by atoms with van der Waals surface area (Å²) in [6.45, 7) is 7.53. The molecule has 1 unspecified atom stereocenters. The number of rotatable bonds is 9.